The molecule has 3 aromatic rings. The Bertz CT molecular complexity index is 926. The highest BCUT2D eigenvalue weighted by Crippen LogP contribution is 2.25. The number of rotatable bonds is 4. The molecule has 0 aliphatic carbocycles. The molecule has 0 N–H and O–H groups in total. The zero-order valence-corrected chi connectivity index (χ0v) is 14.3. The molecule has 1 aliphatic rings. The number of aromatic nitrogens is 5. The van der Waals surface area contributed by atoms with Gasteiger partial charge in [0, 0.05) is 44.5 Å². The van der Waals surface area contributed by atoms with Crippen LogP contribution in [0.25, 0.3) is 5.52 Å². The fourth-order valence-electron chi connectivity index (χ4n) is 3.32. The van der Waals surface area contributed by atoms with Crippen molar-refractivity contribution in [1.29, 1.82) is 0 Å². The first-order valence-electron chi connectivity index (χ1n) is 8.65. The molecule has 1 aliphatic heterocycles. The van der Waals surface area contributed by atoms with Crippen molar-refractivity contribution in [2.24, 2.45) is 7.05 Å². The van der Waals surface area contributed by atoms with Gasteiger partial charge in [0.25, 0.3) is 5.56 Å². The number of hydrogen-bond donors (Lipinski definition) is 0. The molecule has 0 unspecified atom stereocenters. The molecule has 1 fully saturated rings. The Kier molecular flexibility index (Phi) is 4.31. The standard InChI is InChI=1S/C18H21N5O2/c1-22-16(6-5-14-4-2-3-9-19-14)21-23-15(18(22)24)12-20-17(23)13-7-10-25-11-8-13/h2-4,9,12-13H,5-8,10-11H2,1H3. The SMILES string of the molecule is Cn1c(CCc2ccccn2)nn2c(C3CCOCC3)ncc2c1=O. The maximum atomic E-state index is 12.7. The third kappa shape index (κ3) is 3.07. The zero-order chi connectivity index (χ0) is 17.2. The van der Waals surface area contributed by atoms with Gasteiger partial charge >= 0.3 is 0 Å². The van der Waals surface area contributed by atoms with E-state index >= 15 is 0 Å². The molecule has 0 bridgehead atoms. The summed E-state index contributed by atoms with van der Waals surface area (Å²) in [5, 5.41) is 4.73. The molecule has 25 heavy (non-hydrogen) atoms. The van der Waals surface area contributed by atoms with E-state index in [-0.39, 0.29) is 5.56 Å². The number of fused-ring (bicyclic) bond motifs is 1. The highest BCUT2D eigenvalue weighted by molar-refractivity contribution is 5.43. The van der Waals surface area contributed by atoms with Gasteiger partial charge in [0.1, 0.15) is 11.6 Å². The third-order valence-corrected chi connectivity index (χ3v) is 4.81. The predicted molar refractivity (Wildman–Crippen MR) is 92.7 cm³/mol. The monoisotopic (exact) mass is 339 g/mol. The lowest BCUT2D eigenvalue weighted by molar-refractivity contribution is 0.0832. The van der Waals surface area contributed by atoms with Crippen molar-refractivity contribution in [3.63, 3.8) is 0 Å². The average molecular weight is 339 g/mol. The number of ether oxygens (including phenoxy) is 1. The molecule has 0 atom stereocenters. The van der Waals surface area contributed by atoms with E-state index in [9.17, 15) is 4.79 Å². The van der Waals surface area contributed by atoms with Crippen LogP contribution < -0.4 is 5.56 Å². The molecule has 3 aromatic heterocycles. The predicted octanol–water partition coefficient (Wildman–Crippen LogP) is 1.50. The van der Waals surface area contributed by atoms with Gasteiger partial charge in [-0.3, -0.25) is 14.3 Å². The first kappa shape index (κ1) is 16.0. The Balaban J connectivity index is 1.69. The van der Waals surface area contributed by atoms with E-state index in [0.29, 0.717) is 17.9 Å². The molecule has 4 heterocycles. The maximum absolute atomic E-state index is 12.7. The smallest absolute Gasteiger partial charge is 0.279 e. The molecule has 7 heteroatoms. The van der Waals surface area contributed by atoms with Crippen molar-refractivity contribution in [2.75, 3.05) is 13.2 Å². The van der Waals surface area contributed by atoms with Gasteiger partial charge in [0.2, 0.25) is 0 Å². The van der Waals surface area contributed by atoms with Gasteiger partial charge in [-0.05, 0) is 31.4 Å². The van der Waals surface area contributed by atoms with Crippen LogP contribution in [0.15, 0.2) is 35.4 Å². The number of hydrogen-bond acceptors (Lipinski definition) is 5. The lowest BCUT2D eigenvalue weighted by Crippen LogP contribution is -2.26. The Morgan fingerprint density at radius 1 is 1.20 bits per heavy atom. The Morgan fingerprint density at radius 3 is 2.80 bits per heavy atom. The molecular formula is C18H21N5O2. The van der Waals surface area contributed by atoms with Gasteiger partial charge in [-0.25, -0.2) is 9.50 Å². The molecule has 0 aromatic carbocycles. The number of pyridine rings is 1. The summed E-state index contributed by atoms with van der Waals surface area (Å²) < 4.78 is 8.79. The van der Waals surface area contributed by atoms with Crippen molar-refractivity contribution < 1.29 is 4.74 Å². The van der Waals surface area contributed by atoms with E-state index in [1.54, 1.807) is 28.5 Å². The molecule has 4 rings (SSSR count). The Hall–Kier alpha value is -2.54. The van der Waals surface area contributed by atoms with Crippen LogP contribution >= 0.6 is 0 Å². The van der Waals surface area contributed by atoms with Gasteiger partial charge in [-0.15, -0.1) is 0 Å². The minimum absolute atomic E-state index is 0.0585. The number of nitrogens with zero attached hydrogens (tertiary/aromatic N) is 5. The number of aryl methyl sites for hydroxylation is 2. The summed E-state index contributed by atoms with van der Waals surface area (Å²) in [7, 11) is 1.77. The third-order valence-electron chi connectivity index (χ3n) is 4.81. The Morgan fingerprint density at radius 2 is 2.04 bits per heavy atom. The van der Waals surface area contributed by atoms with Crippen LogP contribution in [0.5, 0.6) is 0 Å². The molecule has 0 radical (unpaired) electrons. The van der Waals surface area contributed by atoms with E-state index in [4.69, 9.17) is 9.84 Å². The number of imidazole rings is 1. The largest absolute Gasteiger partial charge is 0.381 e. The maximum Gasteiger partial charge on any atom is 0.279 e. The summed E-state index contributed by atoms with van der Waals surface area (Å²) in [6.07, 6.45) is 6.66. The van der Waals surface area contributed by atoms with Gasteiger partial charge in [0.15, 0.2) is 5.52 Å². The lowest BCUT2D eigenvalue weighted by Gasteiger charge is -2.20. The lowest BCUT2D eigenvalue weighted by atomic mass is 10.00. The highest BCUT2D eigenvalue weighted by Gasteiger charge is 2.22. The van der Waals surface area contributed by atoms with Crippen molar-refractivity contribution in [2.45, 2.75) is 31.6 Å². The Labute approximate surface area is 145 Å². The summed E-state index contributed by atoms with van der Waals surface area (Å²) in [6.45, 7) is 1.47. The molecular weight excluding hydrogens is 318 g/mol. The molecule has 0 amide bonds. The van der Waals surface area contributed by atoms with Gasteiger partial charge in [0.05, 0.1) is 6.20 Å². The van der Waals surface area contributed by atoms with Crippen LogP contribution in [0, 0.1) is 0 Å². The van der Waals surface area contributed by atoms with E-state index in [1.807, 2.05) is 18.2 Å². The van der Waals surface area contributed by atoms with Crippen LogP contribution in [0.1, 0.15) is 36.1 Å². The summed E-state index contributed by atoms with van der Waals surface area (Å²) in [5.74, 6) is 1.91. The topological polar surface area (TPSA) is 74.3 Å². The van der Waals surface area contributed by atoms with Crippen molar-refractivity contribution >= 4 is 5.52 Å². The summed E-state index contributed by atoms with van der Waals surface area (Å²) in [4.78, 5) is 21.5. The second-order valence-electron chi connectivity index (χ2n) is 6.40. The summed E-state index contributed by atoms with van der Waals surface area (Å²) >= 11 is 0. The molecule has 0 saturated carbocycles. The second kappa shape index (κ2) is 6.76. The molecule has 1 saturated heterocycles. The molecule has 7 nitrogen and oxygen atoms in total. The van der Waals surface area contributed by atoms with Crippen LogP contribution in [0.3, 0.4) is 0 Å². The van der Waals surface area contributed by atoms with E-state index in [0.717, 1.165) is 49.8 Å². The second-order valence-corrected chi connectivity index (χ2v) is 6.40. The van der Waals surface area contributed by atoms with E-state index in [1.165, 1.54) is 0 Å². The average Bonchev–Trinajstić information content (AvgIpc) is 3.09. The fraction of sp³-hybridized carbons (Fsp3) is 0.444. The highest BCUT2D eigenvalue weighted by atomic mass is 16.5. The summed E-state index contributed by atoms with van der Waals surface area (Å²) in [6, 6.07) is 5.85. The zero-order valence-electron chi connectivity index (χ0n) is 14.3. The minimum atomic E-state index is -0.0585. The minimum Gasteiger partial charge on any atom is -0.381 e. The first-order chi connectivity index (χ1) is 12.2. The van der Waals surface area contributed by atoms with Crippen molar-refractivity contribution in [1.82, 2.24) is 24.1 Å². The normalized spacial score (nSPS) is 15.7. The quantitative estimate of drug-likeness (QED) is 0.720. The van der Waals surface area contributed by atoms with Gasteiger partial charge < -0.3 is 4.74 Å². The van der Waals surface area contributed by atoms with Gasteiger partial charge in [-0.2, -0.15) is 5.10 Å². The van der Waals surface area contributed by atoms with Crippen LogP contribution in [-0.4, -0.2) is 37.4 Å². The molecule has 130 valence electrons. The summed E-state index contributed by atoms with van der Waals surface area (Å²) in [5.41, 5.74) is 1.47. The van der Waals surface area contributed by atoms with E-state index in [2.05, 4.69) is 9.97 Å². The van der Waals surface area contributed by atoms with Crippen LogP contribution in [0.2, 0.25) is 0 Å². The first-order valence-corrected chi connectivity index (χ1v) is 8.65. The van der Waals surface area contributed by atoms with Crippen LogP contribution in [0.4, 0.5) is 0 Å². The van der Waals surface area contributed by atoms with Crippen LogP contribution in [-0.2, 0) is 24.6 Å². The fourth-order valence-corrected chi connectivity index (χ4v) is 3.32. The van der Waals surface area contributed by atoms with Gasteiger partial charge in [-0.1, -0.05) is 6.07 Å². The van der Waals surface area contributed by atoms with E-state index < -0.39 is 0 Å². The van der Waals surface area contributed by atoms with Crippen molar-refractivity contribution in [3.05, 3.63) is 58.3 Å². The molecule has 0 spiro atoms. The van der Waals surface area contributed by atoms with Crippen molar-refractivity contribution in [3.8, 4) is 0 Å².